The number of hydrogen-bond donors (Lipinski definition) is 2. The standard InChI is InChI=1S/C15H17N3O/c1-18-10-12(7-14(18)8-16)9-17-15(11-19)13-5-3-2-4-6-13/h2-7,10,15,17,19H,9,11H2,1H3. The fourth-order valence-corrected chi connectivity index (χ4v) is 2.05. The minimum Gasteiger partial charge on any atom is -0.394 e. The van der Waals surface area contributed by atoms with Crippen molar-refractivity contribution in [3.8, 4) is 6.07 Å². The lowest BCUT2D eigenvalue weighted by atomic mass is 10.1. The SMILES string of the molecule is Cn1cc(CNC(CO)c2ccccc2)cc1C#N. The van der Waals surface area contributed by atoms with Crippen LogP contribution in [0.1, 0.15) is 22.9 Å². The lowest BCUT2D eigenvalue weighted by molar-refractivity contribution is 0.243. The summed E-state index contributed by atoms with van der Waals surface area (Å²) in [5, 5.41) is 21.6. The number of aliphatic hydroxyl groups is 1. The highest BCUT2D eigenvalue weighted by Gasteiger charge is 2.10. The molecule has 4 heteroatoms. The summed E-state index contributed by atoms with van der Waals surface area (Å²) in [4.78, 5) is 0. The molecular formula is C15H17N3O. The van der Waals surface area contributed by atoms with Crippen LogP contribution in [0.2, 0.25) is 0 Å². The van der Waals surface area contributed by atoms with E-state index in [1.165, 1.54) is 0 Å². The Morgan fingerprint density at radius 2 is 2.11 bits per heavy atom. The Morgan fingerprint density at radius 1 is 1.37 bits per heavy atom. The average molecular weight is 255 g/mol. The Morgan fingerprint density at radius 3 is 2.68 bits per heavy atom. The van der Waals surface area contributed by atoms with Gasteiger partial charge in [-0.25, -0.2) is 0 Å². The van der Waals surface area contributed by atoms with Crippen molar-refractivity contribution in [2.24, 2.45) is 7.05 Å². The summed E-state index contributed by atoms with van der Waals surface area (Å²) in [5.74, 6) is 0. The zero-order chi connectivity index (χ0) is 13.7. The molecule has 1 heterocycles. The van der Waals surface area contributed by atoms with Crippen molar-refractivity contribution >= 4 is 0 Å². The van der Waals surface area contributed by atoms with Crippen LogP contribution in [0.3, 0.4) is 0 Å². The number of aliphatic hydroxyl groups excluding tert-OH is 1. The summed E-state index contributed by atoms with van der Waals surface area (Å²) in [5.41, 5.74) is 2.73. The van der Waals surface area contributed by atoms with Crippen LogP contribution in [0.15, 0.2) is 42.6 Å². The van der Waals surface area contributed by atoms with Gasteiger partial charge in [0.1, 0.15) is 11.8 Å². The molecule has 0 saturated heterocycles. The van der Waals surface area contributed by atoms with Crippen molar-refractivity contribution in [1.82, 2.24) is 9.88 Å². The molecule has 0 amide bonds. The highest BCUT2D eigenvalue weighted by molar-refractivity contribution is 5.28. The normalized spacial score (nSPS) is 12.1. The molecule has 1 unspecified atom stereocenters. The molecule has 1 aromatic carbocycles. The van der Waals surface area contributed by atoms with E-state index in [1.807, 2.05) is 49.6 Å². The molecule has 2 rings (SSSR count). The second-order valence-electron chi connectivity index (χ2n) is 4.48. The number of benzene rings is 1. The van der Waals surface area contributed by atoms with Gasteiger partial charge in [0.25, 0.3) is 0 Å². The van der Waals surface area contributed by atoms with E-state index in [-0.39, 0.29) is 12.6 Å². The Balaban J connectivity index is 2.02. The lowest BCUT2D eigenvalue weighted by Gasteiger charge is -2.16. The van der Waals surface area contributed by atoms with Gasteiger partial charge in [0.2, 0.25) is 0 Å². The van der Waals surface area contributed by atoms with Gasteiger partial charge in [0, 0.05) is 19.8 Å². The van der Waals surface area contributed by atoms with E-state index >= 15 is 0 Å². The van der Waals surface area contributed by atoms with Gasteiger partial charge in [-0.3, -0.25) is 0 Å². The minimum atomic E-state index is -0.0908. The predicted molar refractivity (Wildman–Crippen MR) is 73.2 cm³/mol. The molecule has 2 aromatic rings. The van der Waals surface area contributed by atoms with Gasteiger partial charge < -0.3 is 15.0 Å². The highest BCUT2D eigenvalue weighted by atomic mass is 16.3. The first-order valence-corrected chi connectivity index (χ1v) is 6.19. The van der Waals surface area contributed by atoms with Gasteiger partial charge in [0.05, 0.1) is 12.6 Å². The third kappa shape index (κ3) is 3.22. The molecule has 1 atom stereocenters. The Labute approximate surface area is 112 Å². The Hall–Kier alpha value is -2.09. The quantitative estimate of drug-likeness (QED) is 0.855. The topological polar surface area (TPSA) is 61.0 Å². The number of nitrogens with one attached hydrogen (secondary N) is 1. The van der Waals surface area contributed by atoms with Crippen LogP contribution < -0.4 is 5.32 Å². The zero-order valence-corrected chi connectivity index (χ0v) is 10.9. The monoisotopic (exact) mass is 255 g/mol. The van der Waals surface area contributed by atoms with Gasteiger partial charge in [-0.1, -0.05) is 30.3 Å². The van der Waals surface area contributed by atoms with Crippen molar-refractivity contribution < 1.29 is 5.11 Å². The molecule has 1 aromatic heterocycles. The van der Waals surface area contributed by atoms with E-state index in [2.05, 4.69) is 11.4 Å². The molecule has 2 N–H and O–H groups in total. The second-order valence-corrected chi connectivity index (χ2v) is 4.48. The number of nitriles is 1. The van der Waals surface area contributed by atoms with Crippen LogP contribution in [-0.4, -0.2) is 16.3 Å². The largest absolute Gasteiger partial charge is 0.394 e. The molecule has 0 bridgehead atoms. The fourth-order valence-electron chi connectivity index (χ4n) is 2.05. The van der Waals surface area contributed by atoms with Gasteiger partial charge >= 0.3 is 0 Å². The first-order valence-electron chi connectivity index (χ1n) is 6.19. The van der Waals surface area contributed by atoms with Crippen LogP contribution >= 0.6 is 0 Å². The maximum Gasteiger partial charge on any atom is 0.120 e. The number of hydrogen-bond acceptors (Lipinski definition) is 3. The second kappa shape index (κ2) is 6.19. The number of rotatable bonds is 5. The highest BCUT2D eigenvalue weighted by Crippen LogP contribution is 2.13. The summed E-state index contributed by atoms with van der Waals surface area (Å²) >= 11 is 0. The minimum absolute atomic E-state index is 0.0436. The van der Waals surface area contributed by atoms with Crippen LogP contribution in [-0.2, 0) is 13.6 Å². The van der Waals surface area contributed by atoms with E-state index < -0.39 is 0 Å². The zero-order valence-electron chi connectivity index (χ0n) is 10.9. The summed E-state index contributed by atoms with van der Waals surface area (Å²) in [7, 11) is 1.85. The first kappa shape index (κ1) is 13.3. The molecular weight excluding hydrogens is 238 g/mol. The van der Waals surface area contributed by atoms with Gasteiger partial charge in [-0.15, -0.1) is 0 Å². The van der Waals surface area contributed by atoms with Gasteiger partial charge in [0.15, 0.2) is 0 Å². The van der Waals surface area contributed by atoms with Crippen LogP contribution in [0.5, 0.6) is 0 Å². The fraction of sp³-hybridized carbons (Fsp3) is 0.267. The number of aryl methyl sites for hydroxylation is 1. The third-order valence-corrected chi connectivity index (χ3v) is 3.11. The summed E-state index contributed by atoms with van der Waals surface area (Å²) in [6.07, 6.45) is 1.92. The molecule has 4 nitrogen and oxygen atoms in total. The summed E-state index contributed by atoms with van der Waals surface area (Å²) < 4.78 is 1.80. The molecule has 0 fully saturated rings. The van der Waals surface area contributed by atoms with Crippen molar-refractivity contribution in [2.75, 3.05) is 6.61 Å². The van der Waals surface area contributed by atoms with Crippen LogP contribution in [0.4, 0.5) is 0 Å². The van der Waals surface area contributed by atoms with Crippen LogP contribution in [0.25, 0.3) is 0 Å². The first-order chi connectivity index (χ1) is 9.24. The molecule has 0 aliphatic rings. The molecule has 98 valence electrons. The molecule has 19 heavy (non-hydrogen) atoms. The third-order valence-electron chi connectivity index (χ3n) is 3.11. The van der Waals surface area contributed by atoms with E-state index in [9.17, 15) is 5.11 Å². The van der Waals surface area contributed by atoms with E-state index in [0.717, 1.165) is 11.1 Å². The van der Waals surface area contributed by atoms with E-state index in [1.54, 1.807) is 4.57 Å². The maximum absolute atomic E-state index is 9.44. The summed E-state index contributed by atoms with van der Waals surface area (Å²) in [6, 6.07) is 13.7. The molecule has 0 aliphatic heterocycles. The van der Waals surface area contributed by atoms with E-state index in [4.69, 9.17) is 5.26 Å². The lowest BCUT2D eigenvalue weighted by Crippen LogP contribution is -2.23. The van der Waals surface area contributed by atoms with Crippen molar-refractivity contribution in [3.63, 3.8) is 0 Å². The number of nitrogens with zero attached hydrogens (tertiary/aromatic N) is 2. The van der Waals surface area contributed by atoms with Gasteiger partial charge in [-0.05, 0) is 17.2 Å². The van der Waals surface area contributed by atoms with Crippen molar-refractivity contribution in [2.45, 2.75) is 12.6 Å². The number of aromatic nitrogens is 1. The molecule has 0 radical (unpaired) electrons. The van der Waals surface area contributed by atoms with E-state index in [0.29, 0.717) is 12.2 Å². The smallest absolute Gasteiger partial charge is 0.120 e. The van der Waals surface area contributed by atoms with Gasteiger partial charge in [-0.2, -0.15) is 5.26 Å². The van der Waals surface area contributed by atoms with Crippen LogP contribution in [0, 0.1) is 11.3 Å². The average Bonchev–Trinajstić information content (AvgIpc) is 2.81. The van der Waals surface area contributed by atoms with Crippen molar-refractivity contribution in [1.29, 1.82) is 5.26 Å². The molecule has 0 aliphatic carbocycles. The molecule has 0 saturated carbocycles. The Kier molecular flexibility index (Phi) is 4.35. The summed E-state index contributed by atoms with van der Waals surface area (Å²) in [6.45, 7) is 0.664. The Bertz CT molecular complexity index is 569. The predicted octanol–water partition coefficient (Wildman–Crippen LogP) is 1.72. The molecule has 0 spiro atoms. The maximum atomic E-state index is 9.44. The van der Waals surface area contributed by atoms with Crippen molar-refractivity contribution in [3.05, 3.63) is 59.4 Å².